The summed E-state index contributed by atoms with van der Waals surface area (Å²) >= 11 is 0. The van der Waals surface area contributed by atoms with E-state index >= 15 is 0 Å². The second-order valence-corrected chi connectivity index (χ2v) is 9.24. The van der Waals surface area contributed by atoms with Crippen LogP contribution in [-0.2, 0) is 21.2 Å². The lowest BCUT2D eigenvalue weighted by molar-refractivity contribution is 0.0730. The monoisotopic (exact) mass is 418 g/mol. The number of fused-ring (bicyclic) bond motifs is 1. The molecule has 0 saturated carbocycles. The maximum absolute atomic E-state index is 14.5. The number of carbonyl (C=O) groups excluding carboxylic acids is 1. The number of hydrogen-bond donors (Lipinski definition) is 0. The fraction of sp³-hybridized carbons (Fsp3) is 0.381. The standard InChI is InChI=1S/C21H23FN2O4S/c1-15-7-8-17(29(26,27)23-10-12-28-13-11-23)14-18(15)21(25)24-9-3-5-16-4-2-6-19(22)20(16)24/h2,4,6-8,14H,3,5,9-13H2,1H3. The van der Waals surface area contributed by atoms with Crippen molar-refractivity contribution in [3.8, 4) is 0 Å². The first-order valence-corrected chi connectivity index (χ1v) is 11.1. The normalized spacial score (nSPS) is 17.8. The third-order valence-electron chi connectivity index (χ3n) is 5.46. The fourth-order valence-corrected chi connectivity index (χ4v) is 5.31. The number of hydrogen-bond acceptors (Lipinski definition) is 4. The molecule has 0 radical (unpaired) electrons. The van der Waals surface area contributed by atoms with Gasteiger partial charge in [-0.05, 0) is 49.1 Å². The number of nitrogens with zero attached hydrogens (tertiary/aromatic N) is 2. The molecule has 2 aromatic rings. The van der Waals surface area contributed by atoms with Crippen molar-refractivity contribution >= 4 is 21.6 Å². The number of morpholine rings is 1. The topological polar surface area (TPSA) is 66.9 Å². The molecule has 0 spiro atoms. The predicted molar refractivity (Wildman–Crippen MR) is 107 cm³/mol. The van der Waals surface area contributed by atoms with E-state index in [1.807, 2.05) is 6.07 Å². The maximum atomic E-state index is 14.5. The summed E-state index contributed by atoms with van der Waals surface area (Å²) in [5, 5.41) is 0. The molecule has 1 fully saturated rings. The van der Waals surface area contributed by atoms with Crippen LogP contribution in [0.4, 0.5) is 10.1 Å². The van der Waals surface area contributed by atoms with Gasteiger partial charge in [0.25, 0.3) is 5.91 Å². The van der Waals surface area contributed by atoms with E-state index in [9.17, 15) is 17.6 Å². The summed E-state index contributed by atoms with van der Waals surface area (Å²) < 4.78 is 47.1. The molecule has 1 amide bonds. The van der Waals surface area contributed by atoms with Gasteiger partial charge in [-0.1, -0.05) is 18.2 Å². The van der Waals surface area contributed by atoms with Gasteiger partial charge in [0.1, 0.15) is 5.82 Å². The van der Waals surface area contributed by atoms with Gasteiger partial charge >= 0.3 is 0 Å². The Hall–Kier alpha value is -2.29. The van der Waals surface area contributed by atoms with Crippen LogP contribution in [0.25, 0.3) is 0 Å². The minimum atomic E-state index is -3.73. The van der Waals surface area contributed by atoms with Crippen molar-refractivity contribution in [1.82, 2.24) is 4.31 Å². The summed E-state index contributed by atoms with van der Waals surface area (Å²) in [6.45, 7) is 3.41. The van der Waals surface area contributed by atoms with Crippen LogP contribution >= 0.6 is 0 Å². The Morgan fingerprint density at radius 3 is 2.62 bits per heavy atom. The average molecular weight is 418 g/mol. The van der Waals surface area contributed by atoms with Crippen molar-refractivity contribution in [2.75, 3.05) is 37.7 Å². The maximum Gasteiger partial charge on any atom is 0.258 e. The number of ether oxygens (including phenoxy) is 1. The van der Waals surface area contributed by atoms with E-state index in [4.69, 9.17) is 4.74 Å². The van der Waals surface area contributed by atoms with E-state index in [1.54, 1.807) is 19.1 Å². The lowest BCUT2D eigenvalue weighted by Crippen LogP contribution is -2.41. The second kappa shape index (κ2) is 7.85. The Morgan fingerprint density at radius 1 is 1.10 bits per heavy atom. The molecule has 0 atom stereocenters. The zero-order chi connectivity index (χ0) is 20.6. The van der Waals surface area contributed by atoms with Crippen molar-refractivity contribution in [2.45, 2.75) is 24.7 Å². The van der Waals surface area contributed by atoms with Crippen LogP contribution in [0.2, 0.25) is 0 Å². The molecule has 2 aliphatic heterocycles. The Bertz CT molecular complexity index is 1050. The smallest absolute Gasteiger partial charge is 0.258 e. The summed E-state index contributed by atoms with van der Waals surface area (Å²) in [6, 6.07) is 9.37. The lowest BCUT2D eigenvalue weighted by Gasteiger charge is -2.30. The number of aryl methyl sites for hydroxylation is 2. The molecule has 0 aliphatic carbocycles. The Kier molecular flexibility index (Phi) is 5.42. The third-order valence-corrected chi connectivity index (χ3v) is 7.36. The average Bonchev–Trinajstić information content (AvgIpc) is 2.74. The lowest BCUT2D eigenvalue weighted by atomic mass is 9.99. The Balaban J connectivity index is 1.72. The molecule has 0 aromatic heterocycles. The minimum Gasteiger partial charge on any atom is -0.379 e. The van der Waals surface area contributed by atoms with Crippen LogP contribution < -0.4 is 4.90 Å². The van der Waals surface area contributed by atoms with E-state index in [0.717, 1.165) is 12.0 Å². The number of carbonyl (C=O) groups is 1. The highest BCUT2D eigenvalue weighted by atomic mass is 32.2. The molecule has 4 rings (SSSR count). The van der Waals surface area contributed by atoms with E-state index < -0.39 is 15.8 Å². The van der Waals surface area contributed by atoms with Gasteiger partial charge in [0.2, 0.25) is 10.0 Å². The molecule has 154 valence electrons. The van der Waals surface area contributed by atoms with Gasteiger partial charge in [-0.15, -0.1) is 0 Å². The van der Waals surface area contributed by atoms with Gasteiger partial charge in [0.05, 0.1) is 23.8 Å². The van der Waals surface area contributed by atoms with Crippen molar-refractivity contribution in [3.05, 3.63) is 58.9 Å². The summed E-state index contributed by atoms with van der Waals surface area (Å²) in [5.74, 6) is -0.821. The van der Waals surface area contributed by atoms with Crippen LogP contribution in [0.15, 0.2) is 41.3 Å². The number of amides is 1. The minimum absolute atomic E-state index is 0.0686. The number of halogens is 1. The zero-order valence-electron chi connectivity index (χ0n) is 16.2. The number of rotatable bonds is 3. The van der Waals surface area contributed by atoms with Gasteiger partial charge in [-0.3, -0.25) is 4.79 Å². The van der Waals surface area contributed by atoms with E-state index in [1.165, 1.54) is 27.4 Å². The van der Waals surface area contributed by atoms with Crippen LogP contribution in [0.1, 0.15) is 27.9 Å². The van der Waals surface area contributed by atoms with Gasteiger partial charge in [0, 0.05) is 25.2 Å². The number of para-hydroxylation sites is 1. The molecular weight excluding hydrogens is 395 g/mol. The molecule has 0 unspecified atom stereocenters. The quantitative estimate of drug-likeness (QED) is 0.769. The summed E-state index contributed by atoms with van der Waals surface area (Å²) in [5.41, 5.74) is 2.01. The SMILES string of the molecule is Cc1ccc(S(=O)(=O)N2CCOCC2)cc1C(=O)N1CCCc2cccc(F)c21. The number of benzene rings is 2. The highest BCUT2D eigenvalue weighted by Gasteiger charge is 2.30. The zero-order valence-corrected chi connectivity index (χ0v) is 17.0. The van der Waals surface area contributed by atoms with Crippen LogP contribution in [0.5, 0.6) is 0 Å². The fourth-order valence-electron chi connectivity index (χ4n) is 3.88. The second-order valence-electron chi connectivity index (χ2n) is 7.30. The third kappa shape index (κ3) is 3.68. The van der Waals surface area contributed by atoms with E-state index in [-0.39, 0.29) is 29.5 Å². The largest absolute Gasteiger partial charge is 0.379 e. The van der Waals surface area contributed by atoms with Crippen molar-refractivity contribution in [3.63, 3.8) is 0 Å². The molecule has 6 nitrogen and oxygen atoms in total. The number of sulfonamides is 1. The molecule has 0 bridgehead atoms. The van der Waals surface area contributed by atoms with Crippen LogP contribution in [0.3, 0.4) is 0 Å². The Morgan fingerprint density at radius 2 is 1.86 bits per heavy atom. The highest BCUT2D eigenvalue weighted by molar-refractivity contribution is 7.89. The van der Waals surface area contributed by atoms with Crippen LogP contribution in [0, 0.1) is 12.7 Å². The van der Waals surface area contributed by atoms with Crippen molar-refractivity contribution in [1.29, 1.82) is 0 Å². The number of anilines is 1. The summed E-state index contributed by atoms with van der Waals surface area (Å²) in [7, 11) is -3.73. The van der Waals surface area contributed by atoms with Gasteiger partial charge < -0.3 is 9.64 Å². The van der Waals surface area contributed by atoms with Gasteiger partial charge in [-0.2, -0.15) is 4.31 Å². The Labute approximate surface area is 169 Å². The van der Waals surface area contributed by atoms with Crippen molar-refractivity contribution in [2.24, 2.45) is 0 Å². The molecular formula is C21H23FN2O4S. The summed E-state index contributed by atoms with van der Waals surface area (Å²) in [4.78, 5) is 14.8. The van der Waals surface area contributed by atoms with Gasteiger partial charge in [-0.25, -0.2) is 12.8 Å². The van der Waals surface area contributed by atoms with E-state index in [0.29, 0.717) is 37.4 Å². The molecule has 2 aromatic carbocycles. The predicted octanol–water partition coefficient (Wildman–Crippen LogP) is 2.75. The molecule has 2 aliphatic rings. The molecule has 2 heterocycles. The molecule has 1 saturated heterocycles. The first kappa shape index (κ1) is 20.0. The first-order chi connectivity index (χ1) is 13.9. The van der Waals surface area contributed by atoms with Crippen LogP contribution in [-0.4, -0.2) is 51.5 Å². The summed E-state index contributed by atoms with van der Waals surface area (Å²) in [6.07, 6.45) is 1.44. The highest BCUT2D eigenvalue weighted by Crippen LogP contribution is 2.32. The van der Waals surface area contributed by atoms with Gasteiger partial charge in [0.15, 0.2) is 0 Å². The van der Waals surface area contributed by atoms with E-state index in [2.05, 4.69) is 0 Å². The first-order valence-electron chi connectivity index (χ1n) is 9.67. The molecule has 8 heteroatoms. The molecule has 29 heavy (non-hydrogen) atoms. The molecule has 0 N–H and O–H groups in total. The van der Waals surface area contributed by atoms with Crippen molar-refractivity contribution < 1.29 is 22.3 Å².